The van der Waals surface area contributed by atoms with Crippen LogP contribution in [-0.2, 0) is 13.1 Å². The van der Waals surface area contributed by atoms with Crippen molar-refractivity contribution in [3.63, 3.8) is 0 Å². The number of nitrogens with zero attached hydrogens (tertiary/aromatic N) is 3. The van der Waals surface area contributed by atoms with Crippen LogP contribution in [0.25, 0.3) is 0 Å². The molecule has 1 rings (SSSR count). The zero-order chi connectivity index (χ0) is 11.8. The maximum Gasteiger partial charge on any atom is 0.191 e. The van der Waals surface area contributed by atoms with E-state index in [1.807, 2.05) is 6.08 Å². The molecule has 1 heterocycles. The summed E-state index contributed by atoms with van der Waals surface area (Å²) in [5, 5.41) is 9.26. The van der Waals surface area contributed by atoms with Crippen LogP contribution in [0.2, 0.25) is 0 Å². The van der Waals surface area contributed by atoms with Crippen LogP contribution < -0.4 is 5.73 Å². The molecule has 0 atom stereocenters. The Labute approximate surface area is 101 Å². The second kappa shape index (κ2) is 7.46. The van der Waals surface area contributed by atoms with E-state index < -0.39 is 0 Å². The molecule has 0 unspecified atom stereocenters. The average Bonchev–Trinajstić information content (AvgIpc) is 2.68. The molecular weight excluding hydrogens is 220 g/mol. The molecule has 1 aromatic heterocycles. The van der Waals surface area contributed by atoms with Crippen LogP contribution in [0.1, 0.15) is 32.0 Å². The van der Waals surface area contributed by atoms with Crippen molar-refractivity contribution in [1.82, 2.24) is 14.8 Å². The third-order valence-corrected chi connectivity index (χ3v) is 3.26. The largest absolute Gasteiger partial charge is 0.324 e. The highest BCUT2D eigenvalue weighted by atomic mass is 32.2. The molecule has 4 nitrogen and oxygen atoms in total. The fourth-order valence-corrected chi connectivity index (χ4v) is 2.36. The number of hydrogen-bond donors (Lipinski definition) is 1. The molecule has 0 bridgehead atoms. The number of hydrogen-bond acceptors (Lipinski definition) is 4. The van der Waals surface area contributed by atoms with Gasteiger partial charge in [-0.3, -0.25) is 0 Å². The highest BCUT2D eigenvalue weighted by molar-refractivity contribution is 7.99. The van der Waals surface area contributed by atoms with Crippen LogP contribution in [0.4, 0.5) is 0 Å². The Balaban J connectivity index is 2.56. The molecule has 0 aromatic carbocycles. The van der Waals surface area contributed by atoms with E-state index >= 15 is 0 Å². The predicted octanol–water partition coefficient (Wildman–Crippen LogP) is 2.21. The number of thioether (sulfide) groups is 1. The lowest BCUT2D eigenvalue weighted by molar-refractivity contribution is 0.592. The number of rotatable bonds is 8. The summed E-state index contributed by atoms with van der Waals surface area (Å²) in [5.74, 6) is 1.94. The minimum Gasteiger partial charge on any atom is -0.324 e. The molecule has 2 N–H and O–H groups in total. The van der Waals surface area contributed by atoms with Crippen LogP contribution >= 0.6 is 11.8 Å². The van der Waals surface area contributed by atoms with Crippen LogP contribution in [-0.4, -0.2) is 20.5 Å². The fraction of sp³-hybridized carbons (Fsp3) is 0.636. The van der Waals surface area contributed by atoms with Gasteiger partial charge in [0.25, 0.3) is 0 Å². The summed E-state index contributed by atoms with van der Waals surface area (Å²) < 4.78 is 2.12. The van der Waals surface area contributed by atoms with Gasteiger partial charge in [0.05, 0.1) is 6.54 Å². The Bertz CT molecular complexity index is 322. The van der Waals surface area contributed by atoms with Crippen molar-refractivity contribution in [3.8, 4) is 0 Å². The summed E-state index contributed by atoms with van der Waals surface area (Å²) in [6, 6.07) is 0. The smallest absolute Gasteiger partial charge is 0.191 e. The van der Waals surface area contributed by atoms with Gasteiger partial charge in [-0.25, -0.2) is 0 Å². The molecule has 0 spiro atoms. The molecule has 0 saturated carbocycles. The standard InChI is InChI=1S/C11H20N4S/c1-3-5-6-8-16-11-14-13-10(9-12)15(11)7-4-2/h3H,1,4-9,12H2,2H3. The number of aromatic nitrogens is 3. The Hall–Kier alpha value is -0.810. The van der Waals surface area contributed by atoms with Gasteiger partial charge < -0.3 is 10.3 Å². The highest BCUT2D eigenvalue weighted by Crippen LogP contribution is 2.18. The van der Waals surface area contributed by atoms with E-state index in [1.165, 1.54) is 0 Å². The molecule has 0 fully saturated rings. The van der Waals surface area contributed by atoms with E-state index in [4.69, 9.17) is 5.73 Å². The fourth-order valence-electron chi connectivity index (χ4n) is 1.42. The normalized spacial score (nSPS) is 10.6. The quantitative estimate of drug-likeness (QED) is 0.430. The van der Waals surface area contributed by atoms with Gasteiger partial charge in [0.1, 0.15) is 5.82 Å². The van der Waals surface area contributed by atoms with Crippen LogP contribution in [0, 0.1) is 0 Å². The monoisotopic (exact) mass is 240 g/mol. The number of unbranched alkanes of at least 4 members (excludes halogenated alkanes) is 1. The van der Waals surface area contributed by atoms with Crippen molar-refractivity contribution in [2.24, 2.45) is 5.73 Å². The Kier molecular flexibility index (Phi) is 6.18. The van der Waals surface area contributed by atoms with Gasteiger partial charge in [-0.15, -0.1) is 16.8 Å². The van der Waals surface area contributed by atoms with Gasteiger partial charge in [-0.05, 0) is 19.3 Å². The molecule has 0 amide bonds. The van der Waals surface area contributed by atoms with Gasteiger partial charge >= 0.3 is 0 Å². The van der Waals surface area contributed by atoms with Crippen molar-refractivity contribution in [1.29, 1.82) is 0 Å². The van der Waals surface area contributed by atoms with E-state index in [0.717, 1.165) is 42.5 Å². The van der Waals surface area contributed by atoms with Gasteiger partial charge in [0, 0.05) is 12.3 Å². The third-order valence-electron chi connectivity index (χ3n) is 2.21. The van der Waals surface area contributed by atoms with Crippen LogP contribution in [0.5, 0.6) is 0 Å². The highest BCUT2D eigenvalue weighted by Gasteiger charge is 2.09. The first-order chi connectivity index (χ1) is 7.83. The molecule has 1 aromatic rings. The predicted molar refractivity (Wildman–Crippen MR) is 68.4 cm³/mol. The van der Waals surface area contributed by atoms with Gasteiger partial charge in [0.2, 0.25) is 0 Å². The zero-order valence-corrected chi connectivity index (χ0v) is 10.7. The van der Waals surface area contributed by atoms with Crippen molar-refractivity contribution >= 4 is 11.8 Å². The molecule has 0 aliphatic heterocycles. The van der Waals surface area contributed by atoms with Crippen molar-refractivity contribution in [2.75, 3.05) is 5.75 Å². The van der Waals surface area contributed by atoms with E-state index in [-0.39, 0.29) is 0 Å². The van der Waals surface area contributed by atoms with Crippen LogP contribution in [0.15, 0.2) is 17.8 Å². The lowest BCUT2D eigenvalue weighted by atomic mass is 10.3. The first-order valence-corrected chi connectivity index (χ1v) is 6.67. The zero-order valence-electron chi connectivity index (χ0n) is 9.85. The molecular formula is C11H20N4S. The molecule has 16 heavy (non-hydrogen) atoms. The van der Waals surface area contributed by atoms with Crippen LogP contribution in [0.3, 0.4) is 0 Å². The lowest BCUT2D eigenvalue weighted by Crippen LogP contribution is -2.09. The topological polar surface area (TPSA) is 56.7 Å². The summed E-state index contributed by atoms with van der Waals surface area (Å²) in [6.45, 7) is 7.26. The molecule has 5 heteroatoms. The lowest BCUT2D eigenvalue weighted by Gasteiger charge is -2.06. The first kappa shape index (κ1) is 13.3. The van der Waals surface area contributed by atoms with E-state index in [9.17, 15) is 0 Å². The van der Waals surface area contributed by atoms with Gasteiger partial charge in [0.15, 0.2) is 5.16 Å². The third kappa shape index (κ3) is 3.64. The minimum absolute atomic E-state index is 0.459. The van der Waals surface area contributed by atoms with Gasteiger partial charge in [-0.2, -0.15) is 0 Å². The Morgan fingerprint density at radius 1 is 1.50 bits per heavy atom. The SMILES string of the molecule is C=CCCCSc1nnc(CN)n1CCC. The van der Waals surface area contributed by atoms with E-state index in [1.54, 1.807) is 11.8 Å². The van der Waals surface area contributed by atoms with Gasteiger partial charge in [-0.1, -0.05) is 24.8 Å². The molecule has 90 valence electrons. The molecule has 0 saturated heterocycles. The first-order valence-electron chi connectivity index (χ1n) is 5.69. The Morgan fingerprint density at radius 3 is 2.94 bits per heavy atom. The summed E-state index contributed by atoms with van der Waals surface area (Å²) >= 11 is 1.75. The summed E-state index contributed by atoms with van der Waals surface area (Å²) in [7, 11) is 0. The van der Waals surface area contributed by atoms with Crippen molar-refractivity contribution in [2.45, 2.75) is 44.4 Å². The van der Waals surface area contributed by atoms with Crippen molar-refractivity contribution in [3.05, 3.63) is 18.5 Å². The minimum atomic E-state index is 0.459. The van der Waals surface area contributed by atoms with E-state index in [2.05, 4.69) is 28.3 Å². The summed E-state index contributed by atoms with van der Waals surface area (Å²) in [6.07, 6.45) is 5.21. The average molecular weight is 240 g/mol. The molecule has 0 aliphatic carbocycles. The number of nitrogens with two attached hydrogens (primary N) is 1. The number of allylic oxidation sites excluding steroid dienone is 1. The summed E-state index contributed by atoms with van der Waals surface area (Å²) in [5.41, 5.74) is 5.62. The summed E-state index contributed by atoms with van der Waals surface area (Å²) in [4.78, 5) is 0. The van der Waals surface area contributed by atoms with Crippen molar-refractivity contribution < 1.29 is 0 Å². The maximum atomic E-state index is 5.62. The second-order valence-corrected chi connectivity index (χ2v) is 4.60. The molecule has 0 radical (unpaired) electrons. The Morgan fingerprint density at radius 2 is 2.31 bits per heavy atom. The van der Waals surface area contributed by atoms with E-state index in [0.29, 0.717) is 6.54 Å². The second-order valence-electron chi connectivity index (χ2n) is 3.53. The molecule has 0 aliphatic rings. The maximum absolute atomic E-state index is 5.62.